The van der Waals surface area contributed by atoms with E-state index in [4.69, 9.17) is 5.11 Å². The molecule has 1 aliphatic rings. The molecule has 0 radical (unpaired) electrons. The molecule has 0 saturated heterocycles. The highest BCUT2D eigenvalue weighted by atomic mass is 16.3. The smallest absolute Gasteiger partial charge is 0.0447 e. The van der Waals surface area contributed by atoms with E-state index in [1.165, 1.54) is 42.5 Å². The molecular weight excluding hydrogens is 260 g/mol. The van der Waals surface area contributed by atoms with E-state index in [9.17, 15) is 0 Å². The Bertz CT molecular complexity index is 429. The van der Waals surface area contributed by atoms with Gasteiger partial charge in [-0.15, -0.1) is 0 Å². The Balaban J connectivity index is 2.05. The predicted octanol–water partition coefficient (Wildman–Crippen LogP) is 3.24. The standard InChI is InChI=1S/C18H30N2O/c1-3-10-19-14-16-8-9-18(15(2)13-16)20(11-5-12-21)17-6-4-7-17/h8-9,13,17,19,21H,3-7,10-12,14H2,1-2H3. The van der Waals surface area contributed by atoms with Crippen LogP contribution < -0.4 is 10.2 Å². The maximum absolute atomic E-state index is 9.13. The van der Waals surface area contributed by atoms with E-state index in [2.05, 4.69) is 42.3 Å². The summed E-state index contributed by atoms with van der Waals surface area (Å²) in [6.07, 6.45) is 5.97. The largest absolute Gasteiger partial charge is 0.396 e. The van der Waals surface area contributed by atoms with E-state index in [1.807, 2.05) is 0 Å². The number of benzene rings is 1. The molecule has 21 heavy (non-hydrogen) atoms. The summed E-state index contributed by atoms with van der Waals surface area (Å²) in [5.41, 5.74) is 4.07. The molecule has 0 atom stereocenters. The second-order valence-corrected chi connectivity index (χ2v) is 6.15. The van der Waals surface area contributed by atoms with E-state index < -0.39 is 0 Å². The Labute approximate surface area is 129 Å². The Hall–Kier alpha value is -1.06. The average Bonchev–Trinajstić information content (AvgIpc) is 2.42. The fourth-order valence-electron chi connectivity index (χ4n) is 3.00. The third-order valence-corrected chi connectivity index (χ3v) is 4.40. The van der Waals surface area contributed by atoms with Gasteiger partial charge in [0.2, 0.25) is 0 Å². The number of aliphatic hydroxyl groups excluding tert-OH is 1. The highest BCUT2D eigenvalue weighted by Gasteiger charge is 2.25. The van der Waals surface area contributed by atoms with Crippen LogP contribution in [0, 0.1) is 6.92 Å². The van der Waals surface area contributed by atoms with E-state index in [0.717, 1.165) is 26.1 Å². The maximum atomic E-state index is 9.13. The van der Waals surface area contributed by atoms with Gasteiger partial charge in [0, 0.05) is 31.4 Å². The van der Waals surface area contributed by atoms with Crippen LogP contribution in [0.25, 0.3) is 0 Å². The number of aliphatic hydroxyl groups is 1. The van der Waals surface area contributed by atoms with Crippen molar-refractivity contribution in [3.63, 3.8) is 0 Å². The molecule has 0 spiro atoms. The number of rotatable bonds is 9. The minimum Gasteiger partial charge on any atom is -0.396 e. The summed E-state index contributed by atoms with van der Waals surface area (Å²) in [4.78, 5) is 2.51. The number of anilines is 1. The van der Waals surface area contributed by atoms with Gasteiger partial charge >= 0.3 is 0 Å². The molecule has 118 valence electrons. The first-order chi connectivity index (χ1) is 10.3. The van der Waals surface area contributed by atoms with Gasteiger partial charge in [-0.1, -0.05) is 19.1 Å². The van der Waals surface area contributed by atoms with Crippen LogP contribution in [0.5, 0.6) is 0 Å². The first kappa shape index (κ1) is 16.3. The molecule has 0 amide bonds. The lowest BCUT2D eigenvalue weighted by molar-refractivity contribution is 0.283. The van der Waals surface area contributed by atoms with Crippen LogP contribution in [-0.4, -0.2) is 30.8 Å². The summed E-state index contributed by atoms with van der Waals surface area (Å²) >= 11 is 0. The van der Waals surface area contributed by atoms with Crippen LogP contribution in [0.2, 0.25) is 0 Å². The molecule has 1 aromatic carbocycles. The molecule has 3 heteroatoms. The Kier molecular flexibility index (Phi) is 6.52. The molecule has 0 aromatic heterocycles. The van der Waals surface area contributed by atoms with Gasteiger partial charge in [0.25, 0.3) is 0 Å². The molecule has 0 unspecified atom stereocenters. The zero-order valence-electron chi connectivity index (χ0n) is 13.6. The Morgan fingerprint density at radius 2 is 2.14 bits per heavy atom. The zero-order chi connectivity index (χ0) is 15.1. The number of hydrogen-bond acceptors (Lipinski definition) is 3. The normalized spacial score (nSPS) is 15.0. The number of nitrogens with one attached hydrogen (secondary N) is 1. The third-order valence-electron chi connectivity index (χ3n) is 4.40. The molecule has 0 aliphatic heterocycles. The quantitative estimate of drug-likeness (QED) is 0.685. The number of aryl methyl sites for hydroxylation is 1. The van der Waals surface area contributed by atoms with Gasteiger partial charge in [0.05, 0.1) is 0 Å². The molecule has 1 fully saturated rings. The SMILES string of the molecule is CCCNCc1ccc(N(CCCO)C2CCC2)c(C)c1. The van der Waals surface area contributed by atoms with Crippen molar-refractivity contribution < 1.29 is 5.11 Å². The average molecular weight is 290 g/mol. The van der Waals surface area contributed by atoms with Gasteiger partial charge in [-0.2, -0.15) is 0 Å². The van der Waals surface area contributed by atoms with Crippen LogP contribution >= 0.6 is 0 Å². The van der Waals surface area contributed by atoms with E-state index in [1.54, 1.807) is 0 Å². The van der Waals surface area contributed by atoms with E-state index >= 15 is 0 Å². The molecule has 1 aliphatic carbocycles. The van der Waals surface area contributed by atoms with Crippen molar-refractivity contribution in [2.24, 2.45) is 0 Å². The van der Waals surface area contributed by atoms with Crippen molar-refractivity contribution >= 4 is 5.69 Å². The predicted molar refractivity (Wildman–Crippen MR) is 89.9 cm³/mol. The summed E-state index contributed by atoms with van der Waals surface area (Å²) in [5.74, 6) is 0. The number of hydrogen-bond donors (Lipinski definition) is 2. The lowest BCUT2D eigenvalue weighted by Gasteiger charge is -2.40. The Morgan fingerprint density at radius 3 is 2.71 bits per heavy atom. The van der Waals surface area contributed by atoms with Gasteiger partial charge in [0.15, 0.2) is 0 Å². The molecule has 2 N–H and O–H groups in total. The summed E-state index contributed by atoms with van der Waals surface area (Å²) in [6, 6.07) is 7.51. The van der Waals surface area contributed by atoms with Gasteiger partial charge in [-0.05, 0) is 62.8 Å². The molecular formula is C18H30N2O. The second kappa shape index (κ2) is 8.40. The highest BCUT2D eigenvalue weighted by Crippen LogP contribution is 2.32. The highest BCUT2D eigenvalue weighted by molar-refractivity contribution is 5.55. The topological polar surface area (TPSA) is 35.5 Å². The molecule has 1 aromatic rings. The van der Waals surface area contributed by atoms with Crippen LogP contribution in [0.4, 0.5) is 5.69 Å². The van der Waals surface area contributed by atoms with Crippen LogP contribution in [0.15, 0.2) is 18.2 Å². The van der Waals surface area contributed by atoms with Crippen molar-refractivity contribution in [3.8, 4) is 0 Å². The first-order valence-corrected chi connectivity index (χ1v) is 8.44. The minimum absolute atomic E-state index is 0.279. The summed E-state index contributed by atoms with van der Waals surface area (Å²) in [5, 5.41) is 12.6. The van der Waals surface area contributed by atoms with Crippen LogP contribution in [-0.2, 0) is 6.54 Å². The fraction of sp³-hybridized carbons (Fsp3) is 0.667. The lowest BCUT2D eigenvalue weighted by atomic mass is 9.90. The first-order valence-electron chi connectivity index (χ1n) is 8.44. The Morgan fingerprint density at radius 1 is 1.33 bits per heavy atom. The van der Waals surface area contributed by atoms with E-state index in [0.29, 0.717) is 6.04 Å². The molecule has 1 saturated carbocycles. The molecule has 0 bridgehead atoms. The summed E-state index contributed by atoms with van der Waals surface area (Å²) in [7, 11) is 0. The lowest BCUT2D eigenvalue weighted by Crippen LogP contribution is -2.41. The van der Waals surface area contributed by atoms with Gasteiger partial charge < -0.3 is 15.3 Å². The summed E-state index contributed by atoms with van der Waals surface area (Å²) < 4.78 is 0. The third kappa shape index (κ3) is 4.45. The van der Waals surface area contributed by atoms with Crippen LogP contribution in [0.1, 0.15) is 50.2 Å². The molecule has 0 heterocycles. The van der Waals surface area contributed by atoms with Crippen molar-refractivity contribution in [1.29, 1.82) is 0 Å². The van der Waals surface area contributed by atoms with E-state index in [-0.39, 0.29) is 6.61 Å². The van der Waals surface area contributed by atoms with Crippen LogP contribution in [0.3, 0.4) is 0 Å². The number of nitrogens with zero attached hydrogens (tertiary/aromatic N) is 1. The van der Waals surface area contributed by atoms with Crippen molar-refractivity contribution in [2.75, 3.05) is 24.6 Å². The second-order valence-electron chi connectivity index (χ2n) is 6.15. The van der Waals surface area contributed by atoms with Gasteiger partial charge in [-0.25, -0.2) is 0 Å². The molecule has 2 rings (SSSR count). The monoisotopic (exact) mass is 290 g/mol. The van der Waals surface area contributed by atoms with Gasteiger partial charge in [0.1, 0.15) is 0 Å². The van der Waals surface area contributed by atoms with Crippen molar-refractivity contribution in [2.45, 2.75) is 58.5 Å². The molecule has 3 nitrogen and oxygen atoms in total. The maximum Gasteiger partial charge on any atom is 0.0447 e. The van der Waals surface area contributed by atoms with Gasteiger partial charge in [-0.3, -0.25) is 0 Å². The minimum atomic E-state index is 0.279. The van der Waals surface area contributed by atoms with Crippen molar-refractivity contribution in [3.05, 3.63) is 29.3 Å². The zero-order valence-corrected chi connectivity index (χ0v) is 13.6. The van der Waals surface area contributed by atoms with Crippen molar-refractivity contribution in [1.82, 2.24) is 5.32 Å². The fourth-order valence-corrected chi connectivity index (χ4v) is 3.00. The summed E-state index contributed by atoms with van der Waals surface area (Å²) in [6.45, 7) is 7.68.